The first-order valence-corrected chi connectivity index (χ1v) is 6.02. The Kier molecular flexibility index (Phi) is 3.24. The maximum absolute atomic E-state index is 12.0. The van der Waals surface area contributed by atoms with Crippen LogP contribution in [-0.2, 0) is 0 Å². The fourth-order valence-corrected chi connectivity index (χ4v) is 2.32. The maximum Gasteiger partial charge on any atom is 0.255 e. The fraction of sp³-hybridized carbons (Fsp3) is 0.615. The molecule has 0 aromatic carbocycles. The highest BCUT2D eigenvalue weighted by Gasteiger charge is 2.28. The van der Waals surface area contributed by atoms with Crippen LogP contribution in [0, 0.1) is 26.7 Å². The smallest absolute Gasteiger partial charge is 0.255 e. The molecule has 0 radical (unpaired) electrons. The van der Waals surface area contributed by atoms with Gasteiger partial charge in [0.1, 0.15) is 11.5 Å². The van der Waals surface area contributed by atoms with E-state index in [0.29, 0.717) is 23.8 Å². The minimum absolute atomic E-state index is 0.0711. The van der Waals surface area contributed by atoms with Crippen LogP contribution in [0.15, 0.2) is 4.42 Å². The molecule has 1 heterocycles. The molecule has 1 aliphatic carbocycles. The van der Waals surface area contributed by atoms with Gasteiger partial charge in [-0.3, -0.25) is 4.79 Å². The second kappa shape index (κ2) is 4.53. The molecule has 0 spiro atoms. The lowest BCUT2D eigenvalue weighted by atomic mass is 9.82. The van der Waals surface area contributed by atoms with Gasteiger partial charge in [-0.1, -0.05) is 0 Å². The summed E-state index contributed by atoms with van der Waals surface area (Å²) in [5.74, 6) is 1.82. The van der Waals surface area contributed by atoms with Gasteiger partial charge >= 0.3 is 0 Å². The SMILES string of the molecule is Cc1oc(C)c(C(=O)NCC2CC(O)C2)c1C. The highest BCUT2D eigenvalue weighted by atomic mass is 16.3. The van der Waals surface area contributed by atoms with Crippen molar-refractivity contribution in [2.75, 3.05) is 6.54 Å². The molecule has 1 amide bonds. The molecule has 0 unspecified atom stereocenters. The highest BCUT2D eigenvalue weighted by molar-refractivity contribution is 5.96. The number of furan rings is 1. The van der Waals surface area contributed by atoms with Gasteiger partial charge < -0.3 is 14.8 Å². The predicted octanol–water partition coefficient (Wildman–Crippen LogP) is 1.71. The average Bonchev–Trinajstić information content (AvgIpc) is 2.46. The second-order valence-corrected chi connectivity index (χ2v) is 4.92. The molecular formula is C13H19NO3. The van der Waals surface area contributed by atoms with E-state index < -0.39 is 0 Å². The summed E-state index contributed by atoms with van der Waals surface area (Å²) in [5.41, 5.74) is 1.57. The summed E-state index contributed by atoms with van der Waals surface area (Å²) in [4.78, 5) is 12.0. The Morgan fingerprint density at radius 2 is 2.00 bits per heavy atom. The third kappa shape index (κ3) is 2.36. The molecule has 0 aliphatic heterocycles. The van der Waals surface area contributed by atoms with Crippen molar-refractivity contribution in [1.82, 2.24) is 5.32 Å². The van der Waals surface area contributed by atoms with Gasteiger partial charge in [0.15, 0.2) is 0 Å². The first kappa shape index (κ1) is 12.2. The number of rotatable bonds is 3. The van der Waals surface area contributed by atoms with Crippen LogP contribution in [0.2, 0.25) is 0 Å². The Labute approximate surface area is 101 Å². The average molecular weight is 237 g/mol. The van der Waals surface area contributed by atoms with E-state index in [-0.39, 0.29) is 12.0 Å². The standard InChI is InChI=1S/C13H19NO3/c1-7-8(2)17-9(3)12(7)13(16)14-6-10-4-11(15)5-10/h10-11,15H,4-6H2,1-3H3,(H,14,16). The summed E-state index contributed by atoms with van der Waals surface area (Å²) in [6, 6.07) is 0. The van der Waals surface area contributed by atoms with Crippen molar-refractivity contribution in [2.45, 2.75) is 39.7 Å². The van der Waals surface area contributed by atoms with Crippen molar-refractivity contribution >= 4 is 5.91 Å². The molecular weight excluding hydrogens is 218 g/mol. The number of aryl methyl sites for hydroxylation is 2. The van der Waals surface area contributed by atoms with Gasteiger partial charge in [0.25, 0.3) is 5.91 Å². The zero-order valence-corrected chi connectivity index (χ0v) is 10.5. The van der Waals surface area contributed by atoms with Gasteiger partial charge in [-0.15, -0.1) is 0 Å². The predicted molar refractivity (Wildman–Crippen MR) is 64.0 cm³/mol. The van der Waals surface area contributed by atoms with Crippen LogP contribution in [0.25, 0.3) is 0 Å². The van der Waals surface area contributed by atoms with Crippen molar-refractivity contribution in [3.05, 3.63) is 22.6 Å². The molecule has 1 fully saturated rings. The van der Waals surface area contributed by atoms with E-state index in [0.717, 1.165) is 24.2 Å². The van der Waals surface area contributed by atoms with Crippen molar-refractivity contribution in [3.8, 4) is 0 Å². The molecule has 1 aliphatic rings. The third-order valence-electron chi connectivity index (χ3n) is 3.55. The molecule has 1 saturated carbocycles. The van der Waals surface area contributed by atoms with E-state index in [2.05, 4.69) is 5.32 Å². The zero-order valence-electron chi connectivity index (χ0n) is 10.5. The number of amides is 1. The summed E-state index contributed by atoms with van der Waals surface area (Å²) in [6.45, 7) is 6.20. The highest BCUT2D eigenvalue weighted by Crippen LogP contribution is 2.26. The van der Waals surface area contributed by atoms with Crippen molar-refractivity contribution < 1.29 is 14.3 Å². The van der Waals surface area contributed by atoms with Gasteiger partial charge in [-0.05, 0) is 39.5 Å². The minimum atomic E-state index is -0.170. The molecule has 0 saturated heterocycles. The number of aliphatic hydroxyl groups excluding tert-OH is 1. The van der Waals surface area contributed by atoms with Crippen LogP contribution in [0.5, 0.6) is 0 Å². The monoisotopic (exact) mass is 237 g/mol. The molecule has 2 N–H and O–H groups in total. The van der Waals surface area contributed by atoms with E-state index in [1.54, 1.807) is 0 Å². The van der Waals surface area contributed by atoms with Crippen LogP contribution in [0.3, 0.4) is 0 Å². The third-order valence-corrected chi connectivity index (χ3v) is 3.55. The van der Waals surface area contributed by atoms with E-state index in [1.807, 2.05) is 20.8 Å². The molecule has 17 heavy (non-hydrogen) atoms. The van der Waals surface area contributed by atoms with E-state index >= 15 is 0 Å². The molecule has 0 bridgehead atoms. The second-order valence-electron chi connectivity index (χ2n) is 4.92. The number of nitrogens with one attached hydrogen (secondary N) is 1. The Bertz CT molecular complexity index is 430. The van der Waals surface area contributed by atoms with Crippen molar-refractivity contribution in [3.63, 3.8) is 0 Å². The first-order chi connectivity index (χ1) is 7.99. The van der Waals surface area contributed by atoms with E-state index in [9.17, 15) is 4.79 Å². The van der Waals surface area contributed by atoms with Gasteiger partial charge in [0.2, 0.25) is 0 Å². The fourth-order valence-electron chi connectivity index (χ4n) is 2.32. The summed E-state index contributed by atoms with van der Waals surface area (Å²) in [7, 11) is 0. The summed E-state index contributed by atoms with van der Waals surface area (Å²) in [5, 5.41) is 12.1. The zero-order chi connectivity index (χ0) is 12.6. The van der Waals surface area contributed by atoms with Crippen molar-refractivity contribution in [1.29, 1.82) is 0 Å². The van der Waals surface area contributed by atoms with E-state index in [1.165, 1.54) is 0 Å². The summed E-state index contributed by atoms with van der Waals surface area (Å²) >= 11 is 0. The molecule has 1 aromatic rings. The van der Waals surface area contributed by atoms with Gasteiger partial charge in [-0.2, -0.15) is 0 Å². The first-order valence-electron chi connectivity index (χ1n) is 6.02. The van der Waals surface area contributed by atoms with Gasteiger partial charge in [0, 0.05) is 12.1 Å². The number of aliphatic hydroxyl groups is 1. The summed E-state index contributed by atoms with van der Waals surface area (Å²) < 4.78 is 5.43. The molecule has 2 rings (SSSR count). The maximum atomic E-state index is 12.0. The molecule has 1 aromatic heterocycles. The largest absolute Gasteiger partial charge is 0.466 e. The lowest BCUT2D eigenvalue weighted by Crippen LogP contribution is -2.38. The molecule has 0 atom stereocenters. The van der Waals surface area contributed by atoms with E-state index in [4.69, 9.17) is 9.52 Å². The van der Waals surface area contributed by atoms with Crippen molar-refractivity contribution in [2.24, 2.45) is 5.92 Å². The Hall–Kier alpha value is -1.29. The molecule has 4 nitrogen and oxygen atoms in total. The Morgan fingerprint density at radius 1 is 1.35 bits per heavy atom. The topological polar surface area (TPSA) is 62.5 Å². The summed E-state index contributed by atoms with van der Waals surface area (Å²) in [6.07, 6.45) is 1.42. The quantitative estimate of drug-likeness (QED) is 0.841. The van der Waals surface area contributed by atoms with Gasteiger partial charge in [0.05, 0.1) is 11.7 Å². The van der Waals surface area contributed by atoms with Crippen LogP contribution in [0.4, 0.5) is 0 Å². The van der Waals surface area contributed by atoms with Crippen LogP contribution >= 0.6 is 0 Å². The number of carbonyl (C=O) groups is 1. The Balaban J connectivity index is 1.95. The minimum Gasteiger partial charge on any atom is -0.466 e. The number of carbonyl (C=O) groups excluding carboxylic acids is 1. The van der Waals surface area contributed by atoms with Crippen LogP contribution in [0.1, 0.15) is 40.3 Å². The lowest BCUT2D eigenvalue weighted by molar-refractivity contribution is 0.0420. The molecule has 4 heteroatoms. The van der Waals surface area contributed by atoms with Crippen LogP contribution < -0.4 is 5.32 Å². The number of hydrogen-bond donors (Lipinski definition) is 2. The Morgan fingerprint density at radius 3 is 2.47 bits per heavy atom. The molecule has 94 valence electrons. The van der Waals surface area contributed by atoms with Gasteiger partial charge in [-0.25, -0.2) is 0 Å². The lowest BCUT2D eigenvalue weighted by Gasteiger charge is -2.31. The normalized spacial score (nSPS) is 23.3. The van der Waals surface area contributed by atoms with Crippen LogP contribution in [-0.4, -0.2) is 23.7 Å². The number of hydrogen-bond acceptors (Lipinski definition) is 3.